The zero-order chi connectivity index (χ0) is 13.8. The summed E-state index contributed by atoms with van der Waals surface area (Å²) in [7, 11) is 0. The van der Waals surface area contributed by atoms with Crippen LogP contribution in [0, 0.1) is 5.82 Å². The Kier molecular flexibility index (Phi) is 4.77. The normalized spacial score (nSPS) is 22.1. The van der Waals surface area contributed by atoms with Crippen molar-refractivity contribution in [3.8, 4) is 0 Å². The van der Waals surface area contributed by atoms with Gasteiger partial charge in [-0.15, -0.1) is 0 Å². The molecule has 3 nitrogen and oxygen atoms in total. The van der Waals surface area contributed by atoms with Crippen molar-refractivity contribution in [2.75, 3.05) is 24.6 Å². The Balaban J connectivity index is 2.26. The van der Waals surface area contributed by atoms with Crippen molar-refractivity contribution >= 4 is 5.69 Å². The molecule has 19 heavy (non-hydrogen) atoms. The maximum Gasteiger partial charge on any atom is 0.123 e. The van der Waals surface area contributed by atoms with Crippen LogP contribution in [-0.4, -0.2) is 31.8 Å². The maximum absolute atomic E-state index is 13.4. The summed E-state index contributed by atoms with van der Waals surface area (Å²) in [4.78, 5) is 2.29. The van der Waals surface area contributed by atoms with Crippen LogP contribution in [0.25, 0.3) is 0 Å². The number of anilines is 1. The molecule has 0 aromatic heterocycles. The van der Waals surface area contributed by atoms with Crippen LogP contribution < -0.4 is 10.6 Å². The van der Waals surface area contributed by atoms with Gasteiger partial charge in [0.1, 0.15) is 5.82 Å². The molecule has 0 amide bonds. The van der Waals surface area contributed by atoms with Crippen LogP contribution in [-0.2, 0) is 11.2 Å². The Bertz CT molecular complexity index is 423. The van der Waals surface area contributed by atoms with E-state index in [2.05, 4.69) is 11.8 Å². The molecular formula is C15H23FN2O. The molecule has 0 radical (unpaired) electrons. The second kappa shape index (κ2) is 6.35. The molecule has 0 bridgehead atoms. The molecule has 1 heterocycles. The third kappa shape index (κ3) is 3.91. The minimum Gasteiger partial charge on any atom is -0.377 e. The smallest absolute Gasteiger partial charge is 0.123 e. The zero-order valence-electron chi connectivity index (χ0n) is 11.7. The van der Waals surface area contributed by atoms with E-state index in [0.717, 1.165) is 37.4 Å². The lowest BCUT2D eigenvalue weighted by molar-refractivity contribution is 0.0821. The number of nitrogens with two attached hydrogens (primary N) is 1. The van der Waals surface area contributed by atoms with Crippen LogP contribution in [0.3, 0.4) is 0 Å². The fourth-order valence-corrected chi connectivity index (χ4v) is 2.59. The fourth-order valence-electron chi connectivity index (χ4n) is 2.59. The third-order valence-electron chi connectivity index (χ3n) is 3.38. The van der Waals surface area contributed by atoms with E-state index in [1.165, 1.54) is 6.07 Å². The topological polar surface area (TPSA) is 38.5 Å². The first-order valence-corrected chi connectivity index (χ1v) is 6.97. The van der Waals surface area contributed by atoms with Gasteiger partial charge in [0.25, 0.3) is 0 Å². The molecule has 1 aliphatic heterocycles. The number of rotatable bonds is 3. The monoisotopic (exact) mass is 266 g/mol. The van der Waals surface area contributed by atoms with Gasteiger partial charge in [-0.3, -0.25) is 0 Å². The molecule has 2 unspecified atom stereocenters. The number of halogens is 1. The molecule has 0 aliphatic carbocycles. The average molecular weight is 266 g/mol. The van der Waals surface area contributed by atoms with Crippen molar-refractivity contribution in [2.45, 2.75) is 38.8 Å². The van der Waals surface area contributed by atoms with Crippen molar-refractivity contribution in [2.24, 2.45) is 5.73 Å². The summed E-state index contributed by atoms with van der Waals surface area (Å²) >= 11 is 0. The van der Waals surface area contributed by atoms with Gasteiger partial charge in [0.2, 0.25) is 0 Å². The van der Waals surface area contributed by atoms with E-state index in [9.17, 15) is 4.39 Å². The Labute approximate surface area is 114 Å². The lowest BCUT2D eigenvalue weighted by Gasteiger charge is -2.27. The van der Waals surface area contributed by atoms with E-state index >= 15 is 0 Å². The molecule has 1 aliphatic rings. The molecule has 1 aromatic rings. The van der Waals surface area contributed by atoms with Crippen LogP contribution in [0.1, 0.15) is 25.8 Å². The quantitative estimate of drug-likeness (QED) is 0.912. The summed E-state index contributed by atoms with van der Waals surface area (Å²) in [6, 6.07) is 5.03. The van der Waals surface area contributed by atoms with Gasteiger partial charge in [-0.2, -0.15) is 0 Å². The second-order valence-electron chi connectivity index (χ2n) is 5.44. The minimum atomic E-state index is -0.196. The first-order valence-electron chi connectivity index (χ1n) is 6.97. The van der Waals surface area contributed by atoms with Gasteiger partial charge in [-0.1, -0.05) is 0 Å². The van der Waals surface area contributed by atoms with Crippen LogP contribution in [0.15, 0.2) is 18.2 Å². The molecule has 2 rings (SSSR count). The molecule has 2 atom stereocenters. The van der Waals surface area contributed by atoms with Gasteiger partial charge in [0, 0.05) is 31.4 Å². The van der Waals surface area contributed by atoms with Crippen molar-refractivity contribution in [3.63, 3.8) is 0 Å². The summed E-state index contributed by atoms with van der Waals surface area (Å²) in [5.41, 5.74) is 7.95. The number of hydrogen-bond donors (Lipinski definition) is 1. The SMILES string of the molecule is CC(N)Cc1cc(F)ccc1N1CCCOC(C)C1. The van der Waals surface area contributed by atoms with Crippen LogP contribution in [0.2, 0.25) is 0 Å². The second-order valence-corrected chi connectivity index (χ2v) is 5.44. The van der Waals surface area contributed by atoms with Crippen LogP contribution in [0.4, 0.5) is 10.1 Å². The van der Waals surface area contributed by atoms with Gasteiger partial charge in [-0.25, -0.2) is 4.39 Å². The van der Waals surface area contributed by atoms with Crippen molar-refractivity contribution < 1.29 is 9.13 Å². The van der Waals surface area contributed by atoms with Crippen molar-refractivity contribution in [1.82, 2.24) is 0 Å². The van der Waals surface area contributed by atoms with E-state index in [-0.39, 0.29) is 18.0 Å². The number of nitrogens with zero attached hydrogens (tertiary/aromatic N) is 1. The maximum atomic E-state index is 13.4. The van der Waals surface area contributed by atoms with Crippen molar-refractivity contribution in [1.29, 1.82) is 0 Å². The highest BCUT2D eigenvalue weighted by molar-refractivity contribution is 5.54. The molecule has 0 spiro atoms. The number of ether oxygens (including phenoxy) is 1. The largest absolute Gasteiger partial charge is 0.377 e. The Morgan fingerprint density at radius 3 is 3.05 bits per heavy atom. The van der Waals surface area contributed by atoms with Crippen LogP contribution in [0.5, 0.6) is 0 Å². The number of benzene rings is 1. The van der Waals surface area contributed by atoms with Crippen molar-refractivity contribution in [3.05, 3.63) is 29.6 Å². The van der Waals surface area contributed by atoms with Gasteiger partial charge in [0.05, 0.1) is 6.10 Å². The highest BCUT2D eigenvalue weighted by Crippen LogP contribution is 2.25. The first kappa shape index (κ1) is 14.3. The molecule has 4 heteroatoms. The summed E-state index contributed by atoms with van der Waals surface area (Å²) in [6.07, 6.45) is 1.90. The molecule has 1 saturated heterocycles. The predicted octanol–water partition coefficient (Wildman–Crippen LogP) is 2.33. The Morgan fingerprint density at radius 1 is 1.53 bits per heavy atom. The lowest BCUT2D eigenvalue weighted by atomic mass is 10.0. The molecule has 2 N–H and O–H groups in total. The molecular weight excluding hydrogens is 243 g/mol. The predicted molar refractivity (Wildman–Crippen MR) is 76.0 cm³/mol. The first-order chi connectivity index (χ1) is 9.06. The van der Waals surface area contributed by atoms with Gasteiger partial charge < -0.3 is 15.4 Å². The lowest BCUT2D eigenvalue weighted by Crippen LogP contribution is -2.31. The average Bonchev–Trinajstić information content (AvgIpc) is 2.53. The van der Waals surface area contributed by atoms with Gasteiger partial charge >= 0.3 is 0 Å². The zero-order valence-corrected chi connectivity index (χ0v) is 11.7. The fraction of sp³-hybridized carbons (Fsp3) is 0.600. The summed E-state index contributed by atoms with van der Waals surface area (Å²) < 4.78 is 19.1. The van der Waals surface area contributed by atoms with E-state index in [4.69, 9.17) is 10.5 Å². The van der Waals surface area contributed by atoms with Gasteiger partial charge in [0.15, 0.2) is 0 Å². The van der Waals surface area contributed by atoms with Gasteiger partial charge in [-0.05, 0) is 50.5 Å². The summed E-state index contributed by atoms with van der Waals surface area (Å²) in [5, 5.41) is 0. The van der Waals surface area contributed by atoms with E-state index in [1.54, 1.807) is 6.07 Å². The molecule has 0 saturated carbocycles. The van der Waals surface area contributed by atoms with E-state index in [1.807, 2.05) is 13.0 Å². The highest BCUT2D eigenvalue weighted by atomic mass is 19.1. The molecule has 106 valence electrons. The molecule has 1 aromatic carbocycles. The Morgan fingerprint density at radius 2 is 2.32 bits per heavy atom. The summed E-state index contributed by atoms with van der Waals surface area (Å²) in [5.74, 6) is -0.196. The standard InChI is InChI=1S/C15H23FN2O/c1-11(17)8-13-9-14(16)4-5-15(13)18-6-3-7-19-12(2)10-18/h4-5,9,11-12H,3,6-8,10,17H2,1-2H3. The Hall–Kier alpha value is -1.13. The third-order valence-corrected chi connectivity index (χ3v) is 3.38. The highest BCUT2D eigenvalue weighted by Gasteiger charge is 2.18. The van der Waals surface area contributed by atoms with E-state index < -0.39 is 0 Å². The molecule has 1 fully saturated rings. The van der Waals surface area contributed by atoms with Crippen LogP contribution >= 0.6 is 0 Å². The van der Waals surface area contributed by atoms with E-state index in [0.29, 0.717) is 6.42 Å². The minimum absolute atomic E-state index is 0.0289. The summed E-state index contributed by atoms with van der Waals surface area (Å²) in [6.45, 7) is 6.61. The number of hydrogen-bond acceptors (Lipinski definition) is 3.